The molecule has 0 saturated heterocycles. The Morgan fingerprint density at radius 1 is 1.42 bits per heavy atom. The highest BCUT2D eigenvalue weighted by Crippen LogP contribution is 2.21. The van der Waals surface area contributed by atoms with Gasteiger partial charge in [-0.25, -0.2) is 13.4 Å². The van der Waals surface area contributed by atoms with Gasteiger partial charge in [-0.2, -0.15) is 0 Å². The molecular weight excluding hydrogens is 396 g/mol. The van der Waals surface area contributed by atoms with Crippen LogP contribution in [0, 0.1) is 0 Å². The fourth-order valence-electron chi connectivity index (χ4n) is 2.13. The van der Waals surface area contributed by atoms with Crippen LogP contribution < -0.4 is 9.62 Å². The Bertz CT molecular complexity index is 778. The zero-order valence-corrected chi connectivity index (χ0v) is 15.6. The van der Waals surface area contributed by atoms with Crippen molar-refractivity contribution in [3.05, 3.63) is 47.5 Å². The van der Waals surface area contributed by atoms with E-state index in [1.54, 1.807) is 36.8 Å². The average molecular weight is 415 g/mol. The smallest absolute Gasteiger partial charge is 0.240 e. The van der Waals surface area contributed by atoms with E-state index in [-0.39, 0.29) is 12.5 Å². The molecule has 2 rings (SSSR count). The van der Waals surface area contributed by atoms with Gasteiger partial charge in [-0.3, -0.25) is 9.10 Å². The maximum atomic E-state index is 12.1. The van der Waals surface area contributed by atoms with Crippen molar-refractivity contribution in [3.8, 4) is 0 Å². The summed E-state index contributed by atoms with van der Waals surface area (Å²) in [5, 5.41) is 2.74. The van der Waals surface area contributed by atoms with E-state index in [1.807, 2.05) is 10.8 Å². The molecule has 1 aromatic carbocycles. The minimum atomic E-state index is -3.56. The third-order valence-electron chi connectivity index (χ3n) is 3.26. The number of aromatic nitrogens is 2. The number of halogens is 1. The molecule has 1 heterocycles. The molecule has 0 saturated carbocycles. The van der Waals surface area contributed by atoms with Gasteiger partial charge in [0.15, 0.2) is 0 Å². The lowest BCUT2D eigenvalue weighted by molar-refractivity contribution is -0.119. The molecule has 0 unspecified atom stereocenters. The second kappa shape index (κ2) is 8.29. The van der Waals surface area contributed by atoms with Crippen molar-refractivity contribution < 1.29 is 13.2 Å². The largest absolute Gasteiger partial charge is 0.354 e. The first kappa shape index (κ1) is 18.5. The van der Waals surface area contributed by atoms with Crippen LogP contribution in [-0.2, 0) is 21.4 Å². The molecule has 0 bridgehead atoms. The maximum Gasteiger partial charge on any atom is 0.240 e. The Labute approximate surface area is 149 Å². The molecule has 1 aromatic heterocycles. The summed E-state index contributed by atoms with van der Waals surface area (Å²) < 4.78 is 27.7. The van der Waals surface area contributed by atoms with Crippen molar-refractivity contribution >= 4 is 37.5 Å². The van der Waals surface area contributed by atoms with E-state index in [2.05, 4.69) is 26.2 Å². The van der Waals surface area contributed by atoms with Crippen LogP contribution in [0.2, 0.25) is 0 Å². The lowest BCUT2D eigenvalue weighted by Crippen LogP contribution is -2.40. The highest BCUT2D eigenvalue weighted by Gasteiger charge is 2.20. The molecule has 0 aliphatic rings. The third kappa shape index (κ3) is 5.64. The summed E-state index contributed by atoms with van der Waals surface area (Å²) in [7, 11) is -3.56. The Balaban J connectivity index is 1.90. The van der Waals surface area contributed by atoms with Crippen LogP contribution in [-0.4, -0.2) is 43.2 Å². The molecule has 0 radical (unpaired) electrons. The summed E-state index contributed by atoms with van der Waals surface area (Å²) in [5.41, 5.74) is 0.445. The number of nitrogens with one attached hydrogen (secondary N) is 1. The Kier molecular flexibility index (Phi) is 6.38. The highest BCUT2D eigenvalue weighted by atomic mass is 79.9. The van der Waals surface area contributed by atoms with E-state index in [0.29, 0.717) is 12.2 Å². The fraction of sp³-hybridized carbons (Fsp3) is 0.333. The second-order valence-corrected chi connectivity index (χ2v) is 8.08. The molecule has 0 spiro atoms. The molecular formula is C15H19BrN4O3S. The van der Waals surface area contributed by atoms with E-state index >= 15 is 0 Å². The number of amides is 1. The van der Waals surface area contributed by atoms with Crippen LogP contribution in [0.5, 0.6) is 0 Å². The molecule has 130 valence electrons. The van der Waals surface area contributed by atoms with Gasteiger partial charge in [0.2, 0.25) is 15.9 Å². The summed E-state index contributed by atoms with van der Waals surface area (Å²) in [6, 6.07) is 6.83. The summed E-state index contributed by atoms with van der Waals surface area (Å²) in [6.07, 6.45) is 7.07. The molecule has 24 heavy (non-hydrogen) atoms. The molecule has 1 amide bonds. The molecule has 0 aliphatic carbocycles. The van der Waals surface area contributed by atoms with Gasteiger partial charge in [0.25, 0.3) is 0 Å². The summed E-state index contributed by atoms with van der Waals surface area (Å²) in [6.45, 7) is 0.954. The minimum Gasteiger partial charge on any atom is -0.354 e. The number of anilines is 1. The third-order valence-corrected chi connectivity index (χ3v) is 4.89. The SMILES string of the molecule is CS(=O)(=O)N(CC(=O)NCCCn1ccnc1)c1cccc(Br)c1. The number of rotatable bonds is 8. The molecule has 1 N–H and O–H groups in total. The highest BCUT2D eigenvalue weighted by molar-refractivity contribution is 9.10. The number of carbonyl (C=O) groups is 1. The number of hydrogen-bond acceptors (Lipinski definition) is 4. The van der Waals surface area contributed by atoms with E-state index in [0.717, 1.165) is 28.0 Å². The number of aryl methyl sites for hydroxylation is 1. The number of carbonyl (C=O) groups excluding carboxylic acids is 1. The minimum absolute atomic E-state index is 0.250. The van der Waals surface area contributed by atoms with Gasteiger partial charge in [0, 0.05) is 30.0 Å². The number of nitrogens with zero attached hydrogens (tertiary/aromatic N) is 3. The van der Waals surface area contributed by atoms with Gasteiger partial charge in [0.1, 0.15) is 6.54 Å². The number of sulfonamides is 1. The number of benzene rings is 1. The zero-order valence-electron chi connectivity index (χ0n) is 13.2. The van der Waals surface area contributed by atoms with Gasteiger partial charge in [-0.1, -0.05) is 22.0 Å². The van der Waals surface area contributed by atoms with Crippen LogP contribution in [0.3, 0.4) is 0 Å². The lowest BCUT2D eigenvalue weighted by Gasteiger charge is -2.22. The van der Waals surface area contributed by atoms with Gasteiger partial charge in [0.05, 0.1) is 18.3 Å². The van der Waals surface area contributed by atoms with Crippen LogP contribution in [0.1, 0.15) is 6.42 Å². The Morgan fingerprint density at radius 3 is 2.83 bits per heavy atom. The number of imidazole rings is 1. The topological polar surface area (TPSA) is 84.3 Å². The Hall–Kier alpha value is -1.87. The average Bonchev–Trinajstić information content (AvgIpc) is 3.01. The summed E-state index contributed by atoms with van der Waals surface area (Å²) in [4.78, 5) is 16.0. The molecule has 9 heteroatoms. The molecule has 0 fully saturated rings. The molecule has 2 aromatic rings. The van der Waals surface area contributed by atoms with Crippen molar-refractivity contribution in [1.29, 1.82) is 0 Å². The first-order valence-corrected chi connectivity index (χ1v) is 9.96. The van der Waals surface area contributed by atoms with Crippen LogP contribution in [0.25, 0.3) is 0 Å². The van der Waals surface area contributed by atoms with E-state index in [4.69, 9.17) is 0 Å². The van der Waals surface area contributed by atoms with Crippen molar-refractivity contribution in [2.75, 3.05) is 23.7 Å². The van der Waals surface area contributed by atoms with Crippen molar-refractivity contribution in [1.82, 2.24) is 14.9 Å². The van der Waals surface area contributed by atoms with Crippen LogP contribution in [0.15, 0.2) is 47.5 Å². The quantitative estimate of drug-likeness (QED) is 0.665. The fourth-order valence-corrected chi connectivity index (χ4v) is 3.36. The van der Waals surface area contributed by atoms with Crippen molar-refractivity contribution in [2.45, 2.75) is 13.0 Å². The molecule has 0 atom stereocenters. The Morgan fingerprint density at radius 2 is 2.21 bits per heavy atom. The predicted octanol–water partition coefficient (Wildman–Crippen LogP) is 1.62. The normalized spacial score (nSPS) is 11.2. The maximum absolute atomic E-state index is 12.1. The number of hydrogen-bond donors (Lipinski definition) is 1. The van der Waals surface area contributed by atoms with Gasteiger partial charge in [-0.05, 0) is 24.6 Å². The first-order chi connectivity index (χ1) is 11.4. The van der Waals surface area contributed by atoms with Crippen molar-refractivity contribution in [2.24, 2.45) is 0 Å². The lowest BCUT2D eigenvalue weighted by atomic mass is 10.3. The molecule has 0 aliphatic heterocycles. The van der Waals surface area contributed by atoms with E-state index < -0.39 is 10.0 Å². The molecule has 7 nitrogen and oxygen atoms in total. The van der Waals surface area contributed by atoms with E-state index in [1.165, 1.54) is 0 Å². The summed E-state index contributed by atoms with van der Waals surface area (Å²) in [5.74, 6) is -0.342. The standard InChI is InChI=1S/C15H19BrN4O3S/c1-24(22,23)20(14-5-2-4-13(16)10-14)11-15(21)18-6-3-8-19-9-7-17-12-19/h2,4-5,7,9-10,12H,3,6,8,11H2,1H3,(H,18,21). The second-order valence-electron chi connectivity index (χ2n) is 5.25. The summed E-state index contributed by atoms with van der Waals surface area (Å²) >= 11 is 3.30. The van der Waals surface area contributed by atoms with Crippen LogP contribution >= 0.6 is 15.9 Å². The zero-order chi connectivity index (χ0) is 17.6. The van der Waals surface area contributed by atoms with Gasteiger partial charge < -0.3 is 9.88 Å². The van der Waals surface area contributed by atoms with Gasteiger partial charge in [-0.15, -0.1) is 0 Å². The van der Waals surface area contributed by atoms with Gasteiger partial charge >= 0.3 is 0 Å². The van der Waals surface area contributed by atoms with E-state index in [9.17, 15) is 13.2 Å². The first-order valence-electron chi connectivity index (χ1n) is 7.32. The van der Waals surface area contributed by atoms with Crippen molar-refractivity contribution in [3.63, 3.8) is 0 Å². The van der Waals surface area contributed by atoms with Crippen LogP contribution in [0.4, 0.5) is 5.69 Å². The monoisotopic (exact) mass is 414 g/mol. The predicted molar refractivity (Wildman–Crippen MR) is 96.2 cm³/mol.